The largest absolute Gasteiger partial charge is 0.468 e. The molecule has 2 unspecified atom stereocenters. The van der Waals surface area contributed by atoms with Crippen molar-refractivity contribution in [1.82, 2.24) is 5.32 Å². The Balaban J connectivity index is 2.14. The lowest BCUT2D eigenvalue weighted by molar-refractivity contribution is -0.143. The highest BCUT2D eigenvalue weighted by atomic mass is 16.5. The molecule has 0 aliphatic heterocycles. The van der Waals surface area contributed by atoms with Crippen LogP contribution in [-0.4, -0.2) is 19.1 Å². The van der Waals surface area contributed by atoms with Gasteiger partial charge in [0.25, 0.3) is 0 Å². The molecule has 0 aliphatic rings. The zero-order valence-electron chi connectivity index (χ0n) is 11.5. The van der Waals surface area contributed by atoms with Gasteiger partial charge in [0, 0.05) is 5.39 Å². The fourth-order valence-electron chi connectivity index (χ4n) is 2.09. The third kappa shape index (κ3) is 2.96. The predicted octanol–water partition coefficient (Wildman–Crippen LogP) is 3.04. The molecule has 2 atom stereocenters. The molecular weight excluding hydrogens is 242 g/mol. The van der Waals surface area contributed by atoms with Crippen LogP contribution in [0.25, 0.3) is 11.0 Å². The van der Waals surface area contributed by atoms with Crippen LogP contribution in [0, 0.1) is 0 Å². The van der Waals surface area contributed by atoms with Gasteiger partial charge in [0.05, 0.1) is 13.2 Å². The summed E-state index contributed by atoms with van der Waals surface area (Å²) in [4.78, 5) is 11.6. The molecule has 0 bridgehead atoms. The molecule has 0 spiro atoms. The number of hydrogen-bond donors (Lipinski definition) is 1. The topological polar surface area (TPSA) is 51.5 Å². The van der Waals surface area contributed by atoms with Crippen LogP contribution in [0.1, 0.15) is 32.1 Å². The number of carbonyl (C=O) groups is 1. The highest BCUT2D eigenvalue weighted by molar-refractivity contribution is 5.78. The Kier molecular flexibility index (Phi) is 4.22. The average molecular weight is 261 g/mol. The molecule has 4 nitrogen and oxygen atoms in total. The van der Waals surface area contributed by atoms with Gasteiger partial charge in [-0.15, -0.1) is 0 Å². The summed E-state index contributed by atoms with van der Waals surface area (Å²) in [6, 6.07) is 9.50. The number of ether oxygens (including phenoxy) is 1. The molecule has 2 aromatic rings. The van der Waals surface area contributed by atoms with Crippen molar-refractivity contribution in [2.75, 3.05) is 7.11 Å². The van der Waals surface area contributed by atoms with E-state index in [1.54, 1.807) is 0 Å². The zero-order chi connectivity index (χ0) is 13.8. The number of methoxy groups -OCH3 is 1. The van der Waals surface area contributed by atoms with Gasteiger partial charge in [-0.3, -0.25) is 10.1 Å². The Hall–Kier alpha value is -1.81. The number of furan rings is 1. The highest BCUT2D eigenvalue weighted by Crippen LogP contribution is 2.24. The van der Waals surface area contributed by atoms with Gasteiger partial charge in [-0.25, -0.2) is 0 Å². The summed E-state index contributed by atoms with van der Waals surface area (Å²) in [5, 5.41) is 4.29. The van der Waals surface area contributed by atoms with Crippen molar-refractivity contribution in [3.05, 3.63) is 36.1 Å². The van der Waals surface area contributed by atoms with Crippen LogP contribution in [-0.2, 0) is 9.53 Å². The minimum absolute atomic E-state index is 0.0450. The molecule has 0 saturated carbocycles. The maximum atomic E-state index is 11.6. The maximum absolute atomic E-state index is 11.6. The van der Waals surface area contributed by atoms with E-state index in [4.69, 9.17) is 9.15 Å². The number of para-hydroxylation sites is 1. The van der Waals surface area contributed by atoms with Crippen molar-refractivity contribution < 1.29 is 13.9 Å². The standard InChI is InChI=1S/C15H19NO3/c1-4-12(15(17)18-3)16-10(2)14-9-11-7-5-6-8-13(11)19-14/h5-10,12,16H,4H2,1-3H3. The van der Waals surface area contributed by atoms with Crippen molar-refractivity contribution >= 4 is 16.9 Å². The third-order valence-corrected chi connectivity index (χ3v) is 3.22. The van der Waals surface area contributed by atoms with E-state index in [1.807, 2.05) is 44.2 Å². The lowest BCUT2D eigenvalue weighted by Crippen LogP contribution is -2.38. The fourth-order valence-corrected chi connectivity index (χ4v) is 2.09. The second-order valence-electron chi connectivity index (χ2n) is 4.56. The molecule has 1 aromatic carbocycles. The van der Waals surface area contributed by atoms with E-state index in [0.717, 1.165) is 16.7 Å². The van der Waals surface area contributed by atoms with E-state index in [9.17, 15) is 4.79 Å². The Labute approximate surface area is 112 Å². The van der Waals surface area contributed by atoms with Crippen LogP contribution in [0.2, 0.25) is 0 Å². The van der Waals surface area contributed by atoms with Gasteiger partial charge in [-0.1, -0.05) is 25.1 Å². The van der Waals surface area contributed by atoms with Crippen LogP contribution < -0.4 is 5.32 Å². The number of fused-ring (bicyclic) bond motifs is 1. The first kappa shape index (κ1) is 13.6. The Morgan fingerprint density at radius 3 is 2.79 bits per heavy atom. The first-order valence-electron chi connectivity index (χ1n) is 6.48. The van der Waals surface area contributed by atoms with Crippen molar-refractivity contribution in [3.8, 4) is 0 Å². The zero-order valence-corrected chi connectivity index (χ0v) is 11.5. The summed E-state index contributed by atoms with van der Waals surface area (Å²) in [6.07, 6.45) is 0.678. The fraction of sp³-hybridized carbons (Fsp3) is 0.400. The van der Waals surface area contributed by atoms with Crippen molar-refractivity contribution in [2.24, 2.45) is 0 Å². The molecule has 102 valence electrons. The molecule has 4 heteroatoms. The van der Waals surface area contributed by atoms with Gasteiger partial charge >= 0.3 is 5.97 Å². The SMILES string of the molecule is CCC(NC(C)c1cc2ccccc2o1)C(=O)OC. The maximum Gasteiger partial charge on any atom is 0.322 e. The molecule has 0 aliphatic carbocycles. The van der Waals surface area contributed by atoms with Crippen LogP contribution in [0.4, 0.5) is 0 Å². The van der Waals surface area contributed by atoms with Crippen LogP contribution in [0.15, 0.2) is 34.7 Å². The normalized spacial score (nSPS) is 14.3. The molecule has 0 amide bonds. The number of carbonyl (C=O) groups excluding carboxylic acids is 1. The van der Waals surface area contributed by atoms with Gasteiger partial charge < -0.3 is 9.15 Å². The molecule has 0 radical (unpaired) electrons. The molecule has 1 aromatic heterocycles. The van der Waals surface area contributed by atoms with Gasteiger partial charge in [-0.05, 0) is 25.5 Å². The minimum atomic E-state index is -0.312. The molecule has 0 fully saturated rings. The van der Waals surface area contributed by atoms with Crippen LogP contribution in [0.3, 0.4) is 0 Å². The van der Waals surface area contributed by atoms with Gasteiger partial charge in [-0.2, -0.15) is 0 Å². The Bertz CT molecular complexity index is 528. The molecule has 19 heavy (non-hydrogen) atoms. The summed E-state index contributed by atoms with van der Waals surface area (Å²) >= 11 is 0. The van der Waals surface area contributed by atoms with Crippen molar-refractivity contribution in [3.63, 3.8) is 0 Å². The lowest BCUT2D eigenvalue weighted by Gasteiger charge is -2.18. The lowest BCUT2D eigenvalue weighted by atomic mass is 10.1. The van der Waals surface area contributed by atoms with Gasteiger partial charge in [0.1, 0.15) is 17.4 Å². The molecule has 2 rings (SSSR count). The van der Waals surface area contributed by atoms with Crippen molar-refractivity contribution in [1.29, 1.82) is 0 Å². The van der Waals surface area contributed by atoms with E-state index in [2.05, 4.69) is 5.32 Å². The molecule has 1 heterocycles. The third-order valence-electron chi connectivity index (χ3n) is 3.22. The molecular formula is C15H19NO3. The summed E-state index contributed by atoms with van der Waals surface area (Å²) in [5.41, 5.74) is 0.859. The summed E-state index contributed by atoms with van der Waals surface area (Å²) in [5.74, 6) is 0.578. The second-order valence-corrected chi connectivity index (χ2v) is 4.56. The van der Waals surface area contributed by atoms with Crippen LogP contribution >= 0.6 is 0 Å². The van der Waals surface area contributed by atoms with Crippen LogP contribution in [0.5, 0.6) is 0 Å². The van der Waals surface area contributed by atoms with E-state index >= 15 is 0 Å². The Morgan fingerprint density at radius 2 is 2.16 bits per heavy atom. The van der Waals surface area contributed by atoms with E-state index in [0.29, 0.717) is 6.42 Å². The number of nitrogens with one attached hydrogen (secondary N) is 1. The van der Waals surface area contributed by atoms with Gasteiger partial charge in [0.2, 0.25) is 0 Å². The van der Waals surface area contributed by atoms with E-state index in [1.165, 1.54) is 7.11 Å². The first-order chi connectivity index (χ1) is 9.15. The molecule has 1 N–H and O–H groups in total. The number of esters is 1. The Morgan fingerprint density at radius 1 is 1.42 bits per heavy atom. The highest BCUT2D eigenvalue weighted by Gasteiger charge is 2.21. The minimum Gasteiger partial charge on any atom is -0.468 e. The quantitative estimate of drug-likeness (QED) is 0.840. The second kappa shape index (κ2) is 5.89. The molecule has 0 saturated heterocycles. The van der Waals surface area contributed by atoms with Gasteiger partial charge in [0.15, 0.2) is 0 Å². The number of benzene rings is 1. The van der Waals surface area contributed by atoms with Crippen molar-refractivity contribution in [2.45, 2.75) is 32.4 Å². The summed E-state index contributed by atoms with van der Waals surface area (Å²) < 4.78 is 10.5. The average Bonchev–Trinajstić information content (AvgIpc) is 2.87. The monoisotopic (exact) mass is 261 g/mol. The summed E-state index contributed by atoms with van der Waals surface area (Å²) in [7, 11) is 1.40. The summed E-state index contributed by atoms with van der Waals surface area (Å²) in [6.45, 7) is 3.92. The number of rotatable bonds is 5. The van der Waals surface area contributed by atoms with E-state index < -0.39 is 0 Å². The predicted molar refractivity (Wildman–Crippen MR) is 73.9 cm³/mol. The first-order valence-corrected chi connectivity index (χ1v) is 6.48. The number of hydrogen-bond acceptors (Lipinski definition) is 4. The smallest absolute Gasteiger partial charge is 0.322 e. The van der Waals surface area contributed by atoms with E-state index in [-0.39, 0.29) is 18.1 Å².